The van der Waals surface area contributed by atoms with E-state index in [1.807, 2.05) is 36.1 Å². The molecule has 46 heavy (non-hydrogen) atoms. The van der Waals surface area contributed by atoms with E-state index in [-0.39, 0.29) is 29.3 Å². The molecule has 2 aliphatic rings. The Morgan fingerprint density at radius 3 is 2.30 bits per heavy atom. The number of phenols is 2. The van der Waals surface area contributed by atoms with Crippen molar-refractivity contribution in [3.05, 3.63) is 71.8 Å². The predicted molar refractivity (Wildman–Crippen MR) is 165 cm³/mol. The predicted octanol–water partition coefficient (Wildman–Crippen LogP) is 1.02. The number of tetrazole rings is 1. The first kappa shape index (κ1) is 29.8. The highest BCUT2D eigenvalue weighted by atomic mass is 16.6. The van der Waals surface area contributed by atoms with Crippen LogP contribution in [0, 0.1) is 0 Å². The van der Waals surface area contributed by atoms with Crippen molar-refractivity contribution in [1.82, 2.24) is 39.7 Å². The third kappa shape index (κ3) is 5.55. The minimum absolute atomic E-state index is 0.0195. The summed E-state index contributed by atoms with van der Waals surface area (Å²) in [4.78, 5) is 17.7. The van der Waals surface area contributed by atoms with E-state index in [1.165, 1.54) is 11.1 Å². The number of aromatic nitrogens is 8. The number of aliphatic hydroxyl groups is 2. The smallest absolute Gasteiger partial charge is 0.229 e. The van der Waals surface area contributed by atoms with Crippen LogP contribution in [0.2, 0.25) is 0 Å². The lowest BCUT2D eigenvalue weighted by Gasteiger charge is -2.22. The van der Waals surface area contributed by atoms with E-state index in [1.54, 1.807) is 28.8 Å². The summed E-state index contributed by atoms with van der Waals surface area (Å²) >= 11 is 0. The summed E-state index contributed by atoms with van der Waals surface area (Å²) in [6, 6.07) is 13.9. The van der Waals surface area contributed by atoms with Gasteiger partial charge in [-0.15, -0.1) is 10.2 Å². The van der Waals surface area contributed by atoms with E-state index in [2.05, 4.69) is 25.7 Å². The van der Waals surface area contributed by atoms with Gasteiger partial charge in [0.15, 0.2) is 29.3 Å². The van der Waals surface area contributed by atoms with Crippen molar-refractivity contribution in [3.63, 3.8) is 0 Å². The van der Waals surface area contributed by atoms with Crippen LogP contribution in [0.25, 0.3) is 11.2 Å². The fourth-order valence-corrected chi connectivity index (χ4v) is 5.97. The van der Waals surface area contributed by atoms with E-state index < -0.39 is 24.5 Å². The average molecular weight is 630 g/mol. The maximum Gasteiger partial charge on any atom is 0.229 e. The van der Waals surface area contributed by atoms with Crippen molar-refractivity contribution < 1.29 is 25.2 Å². The zero-order valence-corrected chi connectivity index (χ0v) is 25.0. The SMILES string of the molecule is CCn1nnc([C@H]2O[C@@H](n3cnc4c(NCC(c5ccc(O)cc5)c5ccc(O)cc5)nc(N5CCC(N)C5)nc43)[C@H](O)[C@@H]2O)n1. The number of nitrogens with zero attached hydrogens (tertiary/aromatic N) is 9. The minimum Gasteiger partial charge on any atom is -0.508 e. The third-order valence-electron chi connectivity index (χ3n) is 8.50. The number of ether oxygens (including phenoxy) is 1. The van der Waals surface area contributed by atoms with Crippen molar-refractivity contribution >= 4 is 22.9 Å². The van der Waals surface area contributed by atoms with E-state index in [0.29, 0.717) is 49.1 Å². The zero-order valence-electron chi connectivity index (χ0n) is 25.0. The van der Waals surface area contributed by atoms with Crippen molar-refractivity contribution in [2.45, 2.75) is 56.4 Å². The Hall–Kier alpha value is -4.90. The molecule has 2 saturated heterocycles. The topological polar surface area (TPSA) is 219 Å². The molecule has 0 radical (unpaired) electrons. The van der Waals surface area contributed by atoms with Crippen LogP contribution < -0.4 is 16.0 Å². The number of anilines is 2. The van der Waals surface area contributed by atoms with Crippen LogP contribution in [-0.4, -0.2) is 98.0 Å². The summed E-state index contributed by atoms with van der Waals surface area (Å²) in [7, 11) is 0. The number of nitrogens with one attached hydrogen (secondary N) is 1. The van der Waals surface area contributed by atoms with Gasteiger partial charge in [-0.25, -0.2) is 4.98 Å². The fourth-order valence-electron chi connectivity index (χ4n) is 5.97. The van der Waals surface area contributed by atoms with E-state index in [0.717, 1.165) is 17.5 Å². The van der Waals surface area contributed by atoms with Crippen LogP contribution >= 0.6 is 0 Å². The number of rotatable bonds is 9. The van der Waals surface area contributed by atoms with E-state index in [4.69, 9.17) is 20.4 Å². The molecule has 0 bridgehead atoms. The van der Waals surface area contributed by atoms with Gasteiger partial charge in [-0.2, -0.15) is 14.8 Å². The Balaban J connectivity index is 1.25. The number of fused-ring (bicyclic) bond motifs is 1. The molecule has 7 N–H and O–H groups in total. The van der Waals surface area contributed by atoms with Crippen LogP contribution in [0.4, 0.5) is 11.8 Å². The zero-order chi connectivity index (χ0) is 31.9. The largest absolute Gasteiger partial charge is 0.508 e. The second-order valence-electron chi connectivity index (χ2n) is 11.6. The van der Waals surface area contributed by atoms with Gasteiger partial charge in [-0.05, 0) is 54.0 Å². The molecule has 5 aromatic rings. The number of imidazole rings is 1. The highest BCUT2D eigenvalue weighted by Gasteiger charge is 2.47. The fraction of sp³-hybridized carbons (Fsp3) is 0.400. The average Bonchev–Trinajstić information content (AvgIpc) is 3.86. The Bertz CT molecular complexity index is 1770. The van der Waals surface area contributed by atoms with Gasteiger partial charge in [0.25, 0.3) is 0 Å². The maximum atomic E-state index is 11.1. The summed E-state index contributed by atoms with van der Waals surface area (Å²) in [5.74, 6) is 1.20. The quantitative estimate of drug-likeness (QED) is 0.134. The molecule has 240 valence electrons. The number of nitrogens with two attached hydrogens (primary N) is 1. The molecule has 5 atom stereocenters. The number of aliphatic hydroxyl groups excluding tert-OH is 2. The lowest BCUT2D eigenvalue weighted by Crippen LogP contribution is -2.30. The monoisotopic (exact) mass is 629 g/mol. The summed E-state index contributed by atoms with van der Waals surface area (Å²) in [6.45, 7) is 3.98. The number of phenolic OH excluding ortho intramolecular Hbond substituents is 2. The van der Waals surface area contributed by atoms with Gasteiger partial charge in [0.05, 0.1) is 12.9 Å². The summed E-state index contributed by atoms with van der Waals surface area (Å²) in [5.41, 5.74) is 8.92. The van der Waals surface area contributed by atoms with Crippen molar-refractivity contribution in [2.24, 2.45) is 5.73 Å². The molecule has 2 fully saturated rings. The van der Waals surface area contributed by atoms with E-state index in [9.17, 15) is 20.4 Å². The first-order chi connectivity index (χ1) is 22.3. The lowest BCUT2D eigenvalue weighted by molar-refractivity contribution is -0.0384. The molecule has 2 aromatic carbocycles. The lowest BCUT2D eigenvalue weighted by atomic mass is 9.91. The molecule has 2 aliphatic heterocycles. The van der Waals surface area contributed by atoms with Crippen molar-refractivity contribution in [2.75, 3.05) is 29.9 Å². The highest BCUT2D eigenvalue weighted by molar-refractivity contribution is 5.84. The van der Waals surface area contributed by atoms with Gasteiger partial charge in [0.1, 0.15) is 23.7 Å². The van der Waals surface area contributed by atoms with Crippen LogP contribution in [-0.2, 0) is 11.3 Å². The maximum absolute atomic E-state index is 11.1. The highest BCUT2D eigenvalue weighted by Crippen LogP contribution is 2.39. The molecule has 5 heterocycles. The molecule has 0 aliphatic carbocycles. The second-order valence-corrected chi connectivity index (χ2v) is 11.6. The van der Waals surface area contributed by atoms with Crippen LogP contribution in [0.15, 0.2) is 54.9 Å². The molecule has 3 aromatic heterocycles. The molecule has 7 rings (SSSR count). The molecule has 16 nitrogen and oxygen atoms in total. The van der Waals surface area contributed by atoms with Gasteiger partial charge in [0.2, 0.25) is 11.8 Å². The number of aryl methyl sites for hydroxylation is 1. The van der Waals surface area contributed by atoms with Crippen LogP contribution in [0.3, 0.4) is 0 Å². The molecule has 1 unspecified atom stereocenters. The summed E-state index contributed by atoms with van der Waals surface area (Å²) < 4.78 is 7.71. The second kappa shape index (κ2) is 12.1. The normalized spacial score (nSPS) is 23.2. The first-order valence-electron chi connectivity index (χ1n) is 15.1. The third-order valence-corrected chi connectivity index (χ3v) is 8.50. The van der Waals surface area contributed by atoms with Gasteiger partial charge in [-0.1, -0.05) is 24.3 Å². The molecule has 16 heteroatoms. The van der Waals surface area contributed by atoms with Gasteiger partial charge >= 0.3 is 0 Å². The van der Waals surface area contributed by atoms with Gasteiger partial charge in [-0.3, -0.25) is 4.57 Å². The Morgan fingerprint density at radius 2 is 1.70 bits per heavy atom. The molecule has 0 spiro atoms. The first-order valence-corrected chi connectivity index (χ1v) is 15.1. The number of hydrogen-bond donors (Lipinski definition) is 6. The number of benzene rings is 2. The standard InChI is InChI=1S/C30H35N11O5/c1-2-41-37-27(36-38-41)25-23(44)24(45)29(46-25)40-15-33-22-26(34-30(35-28(22)40)39-12-11-18(31)14-39)32-13-21(16-3-7-19(42)8-4-16)17-5-9-20(43)10-6-17/h3-10,15,18,21,23-25,29,42-45H,2,11-14,31H2,1H3,(H,32,34,35)/t18?,23-,24+,25-,29+/m0/s1. The summed E-state index contributed by atoms with van der Waals surface area (Å²) in [6.07, 6.45) is -2.41. The van der Waals surface area contributed by atoms with Crippen LogP contribution in [0.1, 0.15) is 48.5 Å². The number of aromatic hydroxyl groups is 2. The molecular weight excluding hydrogens is 594 g/mol. The summed E-state index contributed by atoms with van der Waals surface area (Å²) in [5, 5.41) is 57.5. The van der Waals surface area contributed by atoms with Crippen molar-refractivity contribution in [3.8, 4) is 11.5 Å². The Morgan fingerprint density at radius 1 is 1.00 bits per heavy atom. The number of hydrogen-bond acceptors (Lipinski definition) is 14. The molecular formula is C30H35N11O5. The van der Waals surface area contributed by atoms with Crippen LogP contribution in [0.5, 0.6) is 11.5 Å². The Labute approximate surface area is 263 Å². The Kier molecular flexibility index (Phi) is 7.85. The van der Waals surface area contributed by atoms with E-state index >= 15 is 0 Å². The molecule has 0 saturated carbocycles. The molecule has 0 amide bonds. The van der Waals surface area contributed by atoms with Gasteiger partial charge in [0, 0.05) is 31.6 Å². The van der Waals surface area contributed by atoms with Crippen molar-refractivity contribution in [1.29, 1.82) is 0 Å². The minimum atomic E-state index is -1.33. The van der Waals surface area contributed by atoms with Gasteiger partial charge < -0.3 is 41.1 Å².